The highest BCUT2D eigenvalue weighted by Crippen LogP contribution is 2.26. The maximum Gasteiger partial charge on any atom is 0.243 e. The topological polar surface area (TPSA) is 95.6 Å². The van der Waals surface area contributed by atoms with Gasteiger partial charge in [-0.05, 0) is 62.9 Å². The number of carbonyl (C=O) groups excluding carboxylic acids is 2. The van der Waals surface area contributed by atoms with E-state index in [1.807, 2.05) is 39.0 Å². The minimum Gasteiger partial charge on any atom is -0.346 e. The van der Waals surface area contributed by atoms with Crippen LogP contribution in [0.15, 0.2) is 47.4 Å². The molecule has 0 radical (unpaired) electrons. The number of aryl methyl sites for hydroxylation is 3. The zero-order chi connectivity index (χ0) is 21.9. The molecule has 2 aromatic rings. The molecule has 1 unspecified atom stereocenters. The van der Waals surface area contributed by atoms with Gasteiger partial charge in [-0.1, -0.05) is 29.8 Å². The lowest BCUT2D eigenvalue weighted by atomic mass is 10.1. The highest BCUT2D eigenvalue weighted by Gasteiger charge is 2.39. The van der Waals surface area contributed by atoms with Gasteiger partial charge in [-0.15, -0.1) is 0 Å². The second-order valence-corrected chi connectivity index (χ2v) is 9.56. The standard InChI is InChI=1S/C22H27N3O4S/c1-15-7-10-18(11-8-15)30(28,29)25-12-4-5-20(25)22(27)23-14-21(26)24-19-13-16(2)6-9-17(19)3/h6-11,13,20H,4-5,12,14H2,1-3H3,(H,23,27)(H,24,26). The highest BCUT2D eigenvalue weighted by atomic mass is 32.2. The monoisotopic (exact) mass is 429 g/mol. The van der Waals surface area contributed by atoms with Gasteiger partial charge in [0.05, 0.1) is 11.4 Å². The van der Waals surface area contributed by atoms with Crippen LogP contribution in [0.5, 0.6) is 0 Å². The number of carbonyl (C=O) groups is 2. The van der Waals surface area contributed by atoms with Crippen molar-refractivity contribution in [1.29, 1.82) is 0 Å². The van der Waals surface area contributed by atoms with E-state index in [1.54, 1.807) is 24.3 Å². The summed E-state index contributed by atoms with van der Waals surface area (Å²) in [6.45, 7) is 5.76. The third kappa shape index (κ3) is 4.88. The van der Waals surface area contributed by atoms with Gasteiger partial charge in [-0.2, -0.15) is 4.31 Å². The smallest absolute Gasteiger partial charge is 0.243 e. The molecule has 0 bridgehead atoms. The SMILES string of the molecule is Cc1ccc(S(=O)(=O)N2CCCC2C(=O)NCC(=O)Nc2cc(C)ccc2C)cc1. The normalized spacial score (nSPS) is 17.0. The number of hydrogen-bond donors (Lipinski definition) is 2. The van der Waals surface area contributed by atoms with Crippen LogP contribution in [0.4, 0.5) is 5.69 Å². The fraction of sp³-hybridized carbons (Fsp3) is 0.364. The number of nitrogens with one attached hydrogen (secondary N) is 2. The summed E-state index contributed by atoms with van der Waals surface area (Å²) >= 11 is 0. The Morgan fingerprint density at radius 2 is 1.70 bits per heavy atom. The number of hydrogen-bond acceptors (Lipinski definition) is 4. The molecule has 2 N–H and O–H groups in total. The summed E-state index contributed by atoms with van der Waals surface area (Å²) in [6.07, 6.45) is 1.02. The Labute approximate surface area is 177 Å². The summed E-state index contributed by atoms with van der Waals surface area (Å²) in [7, 11) is -3.78. The van der Waals surface area contributed by atoms with Gasteiger partial charge in [-0.3, -0.25) is 9.59 Å². The van der Waals surface area contributed by atoms with Crippen molar-refractivity contribution in [3.05, 3.63) is 59.2 Å². The van der Waals surface area contributed by atoms with Crippen molar-refractivity contribution >= 4 is 27.5 Å². The van der Waals surface area contributed by atoms with Crippen LogP contribution in [0.3, 0.4) is 0 Å². The molecule has 0 aliphatic carbocycles. The van der Waals surface area contributed by atoms with Crippen LogP contribution in [0.25, 0.3) is 0 Å². The Hall–Kier alpha value is -2.71. The predicted octanol–water partition coefficient (Wildman–Crippen LogP) is 2.52. The van der Waals surface area contributed by atoms with Gasteiger partial charge in [0, 0.05) is 12.2 Å². The van der Waals surface area contributed by atoms with Crippen molar-refractivity contribution in [2.24, 2.45) is 0 Å². The van der Waals surface area contributed by atoms with E-state index >= 15 is 0 Å². The second-order valence-electron chi connectivity index (χ2n) is 7.67. The van der Waals surface area contributed by atoms with E-state index in [-0.39, 0.29) is 23.9 Å². The minimum atomic E-state index is -3.78. The molecule has 1 saturated heterocycles. The van der Waals surface area contributed by atoms with Crippen LogP contribution in [-0.2, 0) is 19.6 Å². The number of rotatable bonds is 6. The van der Waals surface area contributed by atoms with Crippen molar-refractivity contribution in [3.63, 3.8) is 0 Å². The van der Waals surface area contributed by atoms with E-state index in [0.717, 1.165) is 16.7 Å². The molecule has 7 nitrogen and oxygen atoms in total. The Balaban J connectivity index is 1.63. The Morgan fingerprint density at radius 1 is 1.03 bits per heavy atom. The first kappa shape index (κ1) is 22.0. The van der Waals surface area contributed by atoms with Crippen LogP contribution >= 0.6 is 0 Å². The minimum absolute atomic E-state index is 0.167. The van der Waals surface area contributed by atoms with Crippen LogP contribution in [-0.4, -0.2) is 43.7 Å². The first-order valence-electron chi connectivity index (χ1n) is 9.92. The van der Waals surface area contributed by atoms with E-state index in [4.69, 9.17) is 0 Å². The van der Waals surface area contributed by atoms with Crippen LogP contribution in [0, 0.1) is 20.8 Å². The summed E-state index contributed by atoms with van der Waals surface area (Å²) < 4.78 is 27.2. The Morgan fingerprint density at radius 3 is 2.40 bits per heavy atom. The lowest BCUT2D eigenvalue weighted by molar-refractivity contribution is -0.126. The van der Waals surface area contributed by atoms with Gasteiger partial charge in [0.1, 0.15) is 6.04 Å². The van der Waals surface area contributed by atoms with E-state index < -0.39 is 22.0 Å². The van der Waals surface area contributed by atoms with Gasteiger partial charge in [0.15, 0.2) is 0 Å². The average Bonchev–Trinajstić information content (AvgIpc) is 3.20. The second kappa shape index (κ2) is 8.97. The van der Waals surface area contributed by atoms with E-state index in [2.05, 4.69) is 10.6 Å². The molecule has 1 aliphatic heterocycles. The quantitative estimate of drug-likeness (QED) is 0.738. The first-order valence-corrected chi connectivity index (χ1v) is 11.4. The molecule has 1 heterocycles. The molecule has 0 saturated carbocycles. The van der Waals surface area contributed by atoms with Gasteiger partial charge in [0.2, 0.25) is 21.8 Å². The number of sulfonamides is 1. The third-order valence-corrected chi connectivity index (χ3v) is 7.15. The summed E-state index contributed by atoms with van der Waals surface area (Å²) in [5.74, 6) is -0.817. The Kier molecular flexibility index (Phi) is 6.58. The molecule has 1 aliphatic rings. The van der Waals surface area contributed by atoms with E-state index in [1.165, 1.54) is 4.31 Å². The molecule has 0 aromatic heterocycles. The maximum atomic E-state index is 13.0. The maximum absolute atomic E-state index is 13.0. The lowest BCUT2D eigenvalue weighted by Gasteiger charge is -2.23. The van der Waals surface area contributed by atoms with Gasteiger partial charge >= 0.3 is 0 Å². The molecule has 2 aromatic carbocycles. The summed E-state index contributed by atoms with van der Waals surface area (Å²) in [4.78, 5) is 25.1. The van der Waals surface area contributed by atoms with Crippen LogP contribution in [0.1, 0.15) is 29.5 Å². The molecule has 1 fully saturated rings. The van der Waals surface area contributed by atoms with E-state index in [0.29, 0.717) is 18.5 Å². The average molecular weight is 430 g/mol. The molecular formula is C22H27N3O4S. The summed E-state index contributed by atoms with van der Waals surface area (Å²) in [5.41, 5.74) is 3.59. The van der Waals surface area contributed by atoms with Crippen molar-refractivity contribution in [2.75, 3.05) is 18.4 Å². The van der Waals surface area contributed by atoms with Crippen LogP contribution < -0.4 is 10.6 Å². The Bertz CT molecular complexity index is 1050. The van der Waals surface area contributed by atoms with Crippen LogP contribution in [0.2, 0.25) is 0 Å². The number of amides is 2. The summed E-state index contributed by atoms with van der Waals surface area (Å²) in [6, 6.07) is 11.5. The first-order chi connectivity index (χ1) is 14.2. The molecule has 2 amide bonds. The number of nitrogens with zero attached hydrogens (tertiary/aromatic N) is 1. The predicted molar refractivity (Wildman–Crippen MR) is 116 cm³/mol. The van der Waals surface area contributed by atoms with Gasteiger partial charge in [0.25, 0.3) is 0 Å². The van der Waals surface area contributed by atoms with E-state index in [9.17, 15) is 18.0 Å². The molecule has 160 valence electrons. The molecule has 1 atom stereocenters. The lowest BCUT2D eigenvalue weighted by Crippen LogP contribution is -2.47. The van der Waals surface area contributed by atoms with Crippen molar-refractivity contribution in [2.45, 2.75) is 44.6 Å². The highest BCUT2D eigenvalue weighted by molar-refractivity contribution is 7.89. The van der Waals surface area contributed by atoms with Crippen molar-refractivity contribution in [1.82, 2.24) is 9.62 Å². The third-order valence-electron chi connectivity index (χ3n) is 5.22. The largest absolute Gasteiger partial charge is 0.346 e. The summed E-state index contributed by atoms with van der Waals surface area (Å²) in [5, 5.41) is 5.37. The molecular weight excluding hydrogens is 402 g/mol. The zero-order valence-electron chi connectivity index (χ0n) is 17.4. The van der Waals surface area contributed by atoms with Crippen molar-refractivity contribution < 1.29 is 18.0 Å². The molecule has 8 heteroatoms. The van der Waals surface area contributed by atoms with Gasteiger partial charge in [-0.25, -0.2) is 8.42 Å². The zero-order valence-corrected chi connectivity index (χ0v) is 18.3. The molecule has 30 heavy (non-hydrogen) atoms. The number of benzene rings is 2. The molecule has 0 spiro atoms. The fourth-order valence-corrected chi connectivity index (χ4v) is 5.14. The molecule has 3 rings (SSSR count). The van der Waals surface area contributed by atoms with Crippen molar-refractivity contribution in [3.8, 4) is 0 Å². The number of anilines is 1. The van der Waals surface area contributed by atoms with Gasteiger partial charge < -0.3 is 10.6 Å². The fourth-order valence-electron chi connectivity index (χ4n) is 3.49.